The van der Waals surface area contributed by atoms with Gasteiger partial charge in [0, 0.05) is 58.4 Å². The normalized spacial score (nSPS) is 12.6. The van der Waals surface area contributed by atoms with Crippen LogP contribution in [0.1, 0.15) is 41.7 Å². The van der Waals surface area contributed by atoms with Gasteiger partial charge in [0.1, 0.15) is 5.58 Å². The zero-order chi connectivity index (χ0) is 35.2. The Labute approximate surface area is 297 Å². The van der Waals surface area contributed by atoms with Crippen molar-refractivity contribution in [1.29, 1.82) is 0 Å². The quantitative estimate of drug-likeness (QED) is 0.167. The molecule has 48 heavy (non-hydrogen) atoms. The van der Waals surface area contributed by atoms with Crippen molar-refractivity contribution >= 4 is 33.1 Å². The summed E-state index contributed by atoms with van der Waals surface area (Å²) in [6, 6.07) is 38.4. The van der Waals surface area contributed by atoms with Crippen LogP contribution in [0.5, 0.6) is 0 Å². The standard InChI is InChI=1S/C28H22N3O.C13H11FN.Ir/c1-28(2,3)24-17-16-22-26(29-24)30-27(31(22)18-10-5-4-6-11-18)21-14-9-13-20-19-12-7-8-15-23(19)32-25(20)21;1-9-3-5-11(12(14)7-9)13-6-4-10(2)8-15-13;/h4-13,15-17H,1-3H3;3-4,6-8H,1-2H3;/q2*-1;/i;1D3;. The smallest absolute Gasteiger partial charge is 0.168 e. The monoisotopic (exact) mass is 812 g/mol. The molecule has 8 aromatic rings. The summed E-state index contributed by atoms with van der Waals surface area (Å²) in [6.07, 6.45) is 1.63. The topological polar surface area (TPSA) is 56.7 Å². The first-order valence-electron chi connectivity index (χ1n) is 16.8. The second-order valence-electron chi connectivity index (χ2n) is 12.4. The van der Waals surface area contributed by atoms with Crippen molar-refractivity contribution in [2.45, 2.75) is 40.0 Å². The number of aryl methyl sites for hydroxylation is 2. The van der Waals surface area contributed by atoms with Crippen molar-refractivity contribution < 1.29 is 33.0 Å². The second kappa shape index (κ2) is 13.3. The van der Waals surface area contributed by atoms with E-state index in [-0.39, 0.29) is 36.6 Å². The van der Waals surface area contributed by atoms with Gasteiger partial charge in [0.2, 0.25) is 0 Å². The third-order valence-corrected chi connectivity index (χ3v) is 7.92. The second-order valence-corrected chi connectivity index (χ2v) is 12.4. The number of rotatable bonds is 3. The SMILES string of the molecule is CC(C)(C)c1ccc2c(n1)nc(-c1[c-]ccc3c1oc1ccccc13)n2-c1ccccc1.[2H]C([2H])([2H])c1c[c-]c(-c2ccc(C)cn2)c(F)c1.[Ir]. The largest absolute Gasteiger partial charge is 0.501 e. The van der Waals surface area contributed by atoms with E-state index in [1.165, 1.54) is 6.07 Å². The fourth-order valence-corrected chi connectivity index (χ4v) is 5.52. The summed E-state index contributed by atoms with van der Waals surface area (Å²) in [5.74, 6) is 0.148. The fourth-order valence-electron chi connectivity index (χ4n) is 5.52. The molecule has 241 valence electrons. The Balaban J connectivity index is 0.000000202. The van der Waals surface area contributed by atoms with E-state index < -0.39 is 12.7 Å². The molecule has 8 rings (SSSR count). The van der Waals surface area contributed by atoms with Gasteiger partial charge in [-0.05, 0) is 48.5 Å². The molecule has 0 aliphatic heterocycles. The number of nitrogens with zero attached hydrogens (tertiary/aromatic N) is 4. The van der Waals surface area contributed by atoms with Crippen LogP contribution in [-0.2, 0) is 25.5 Å². The molecule has 0 unspecified atom stereocenters. The molecular formula is C41H33FIrN4O-2. The predicted octanol–water partition coefficient (Wildman–Crippen LogP) is 10.4. The van der Waals surface area contributed by atoms with Crippen LogP contribution in [0.4, 0.5) is 4.39 Å². The molecule has 1 radical (unpaired) electrons. The molecule has 0 bridgehead atoms. The minimum absolute atomic E-state index is 0. The van der Waals surface area contributed by atoms with Crippen molar-refractivity contribution in [2.75, 3.05) is 0 Å². The molecule has 0 atom stereocenters. The number of para-hydroxylation sites is 2. The van der Waals surface area contributed by atoms with E-state index in [1.54, 1.807) is 12.3 Å². The minimum Gasteiger partial charge on any atom is -0.501 e. The zero-order valence-corrected chi connectivity index (χ0v) is 29.2. The van der Waals surface area contributed by atoms with E-state index >= 15 is 0 Å². The van der Waals surface area contributed by atoms with E-state index in [4.69, 9.17) is 18.5 Å². The number of hydrogen-bond donors (Lipinski definition) is 0. The molecule has 4 heterocycles. The summed E-state index contributed by atoms with van der Waals surface area (Å²) in [4.78, 5) is 14.0. The minimum atomic E-state index is -2.32. The number of benzene rings is 4. The molecule has 0 aliphatic carbocycles. The van der Waals surface area contributed by atoms with Crippen molar-refractivity contribution in [1.82, 2.24) is 19.5 Å². The van der Waals surface area contributed by atoms with E-state index in [0.717, 1.165) is 67.5 Å². The summed E-state index contributed by atoms with van der Waals surface area (Å²) < 4.78 is 43.9. The van der Waals surface area contributed by atoms with Crippen LogP contribution in [0.15, 0.2) is 114 Å². The maximum atomic E-state index is 13.8. The van der Waals surface area contributed by atoms with Gasteiger partial charge < -0.3 is 14.0 Å². The van der Waals surface area contributed by atoms with Crippen molar-refractivity contribution in [3.8, 4) is 28.3 Å². The molecule has 0 saturated heterocycles. The Morgan fingerprint density at radius 1 is 0.833 bits per heavy atom. The van der Waals surface area contributed by atoms with Crippen molar-refractivity contribution in [2.24, 2.45) is 0 Å². The van der Waals surface area contributed by atoms with Crippen LogP contribution in [0, 0.1) is 31.7 Å². The molecule has 0 N–H and O–H groups in total. The van der Waals surface area contributed by atoms with Gasteiger partial charge in [-0.3, -0.25) is 9.37 Å². The number of imidazole rings is 1. The summed E-state index contributed by atoms with van der Waals surface area (Å²) in [5.41, 5.74) is 7.67. The number of hydrogen-bond acceptors (Lipinski definition) is 4. The predicted molar refractivity (Wildman–Crippen MR) is 187 cm³/mol. The summed E-state index contributed by atoms with van der Waals surface area (Å²) in [5, 5.41) is 2.15. The van der Waals surface area contributed by atoms with Gasteiger partial charge in [0.15, 0.2) is 5.65 Å². The van der Waals surface area contributed by atoms with Crippen LogP contribution < -0.4 is 0 Å². The fraction of sp³-hybridized carbons (Fsp3) is 0.146. The van der Waals surface area contributed by atoms with Crippen LogP contribution in [0.2, 0.25) is 0 Å². The summed E-state index contributed by atoms with van der Waals surface area (Å²) in [7, 11) is 0. The number of furan rings is 1. The molecule has 7 heteroatoms. The van der Waals surface area contributed by atoms with Crippen molar-refractivity contribution in [3.63, 3.8) is 0 Å². The van der Waals surface area contributed by atoms with Crippen LogP contribution in [-0.4, -0.2) is 19.5 Å². The Bertz CT molecular complexity index is 2480. The van der Waals surface area contributed by atoms with Crippen molar-refractivity contribution in [3.05, 3.63) is 144 Å². The molecule has 0 saturated carbocycles. The van der Waals surface area contributed by atoms with Gasteiger partial charge in [-0.25, -0.2) is 4.98 Å². The molecule has 0 aliphatic rings. The number of pyridine rings is 2. The van der Waals surface area contributed by atoms with E-state index in [9.17, 15) is 4.39 Å². The summed E-state index contributed by atoms with van der Waals surface area (Å²) in [6.45, 7) is 6.06. The maximum Gasteiger partial charge on any atom is 0.168 e. The zero-order valence-electron chi connectivity index (χ0n) is 29.8. The molecule has 4 aromatic carbocycles. The van der Waals surface area contributed by atoms with E-state index in [1.807, 2.05) is 55.5 Å². The number of aromatic nitrogens is 4. The van der Waals surface area contributed by atoms with E-state index in [0.29, 0.717) is 5.69 Å². The van der Waals surface area contributed by atoms with Gasteiger partial charge in [-0.2, -0.15) is 0 Å². The Kier molecular flexibility index (Phi) is 8.07. The molecule has 0 amide bonds. The first kappa shape index (κ1) is 29.2. The van der Waals surface area contributed by atoms with Gasteiger partial charge in [0.05, 0.1) is 16.9 Å². The first-order valence-corrected chi connectivity index (χ1v) is 15.3. The van der Waals surface area contributed by atoms with Crippen LogP contribution >= 0.6 is 0 Å². The van der Waals surface area contributed by atoms with E-state index in [2.05, 4.69) is 78.9 Å². The average molecular weight is 812 g/mol. The third kappa shape index (κ3) is 6.32. The molecule has 0 fully saturated rings. The van der Waals surface area contributed by atoms with Gasteiger partial charge >= 0.3 is 0 Å². The number of halogens is 1. The maximum absolute atomic E-state index is 13.8. The van der Waals surface area contributed by atoms with Gasteiger partial charge in [-0.15, -0.1) is 42.0 Å². The first-order chi connectivity index (χ1) is 23.9. The number of fused-ring (bicyclic) bond motifs is 4. The van der Waals surface area contributed by atoms with Crippen LogP contribution in [0.25, 0.3) is 61.4 Å². The Morgan fingerprint density at radius 2 is 1.62 bits per heavy atom. The Hall–Kier alpha value is -4.97. The molecular weight excluding hydrogens is 776 g/mol. The average Bonchev–Trinajstić information content (AvgIpc) is 3.67. The molecule has 5 nitrogen and oxygen atoms in total. The molecule has 4 aromatic heterocycles. The Morgan fingerprint density at radius 3 is 2.35 bits per heavy atom. The van der Waals surface area contributed by atoms with Crippen LogP contribution in [0.3, 0.4) is 0 Å². The molecule has 0 spiro atoms. The summed E-state index contributed by atoms with van der Waals surface area (Å²) >= 11 is 0. The van der Waals surface area contributed by atoms with Gasteiger partial charge in [0.25, 0.3) is 0 Å². The third-order valence-electron chi connectivity index (χ3n) is 7.92. The van der Waals surface area contributed by atoms with Gasteiger partial charge in [-0.1, -0.05) is 92.7 Å².